The number of hydrogen-bond donors (Lipinski definition) is 1. The molecular weight excluding hydrogens is 292 g/mol. The molecular formula is C16H9F2NO3. The summed E-state index contributed by atoms with van der Waals surface area (Å²) < 4.78 is 27.7. The Bertz CT molecular complexity index is 963. The van der Waals surface area contributed by atoms with Crippen molar-refractivity contribution in [2.24, 2.45) is 0 Å². The second-order valence-corrected chi connectivity index (χ2v) is 4.66. The zero-order valence-corrected chi connectivity index (χ0v) is 11.1. The smallest absolute Gasteiger partial charge is 0.353 e. The van der Waals surface area contributed by atoms with Gasteiger partial charge in [-0.2, -0.15) is 0 Å². The summed E-state index contributed by atoms with van der Waals surface area (Å²) in [5.74, 6) is -3.21. The summed E-state index contributed by atoms with van der Waals surface area (Å²) >= 11 is 0. The molecule has 110 valence electrons. The number of carbonyl (C=O) groups is 1. The zero-order valence-electron chi connectivity index (χ0n) is 11.1. The summed E-state index contributed by atoms with van der Waals surface area (Å²) in [4.78, 5) is 23.9. The normalized spacial score (nSPS) is 10.8. The van der Waals surface area contributed by atoms with Crippen LogP contribution in [0.4, 0.5) is 8.78 Å². The lowest BCUT2D eigenvalue weighted by Crippen LogP contribution is -2.25. The van der Waals surface area contributed by atoms with Gasteiger partial charge in [0.05, 0.1) is 5.69 Å². The van der Waals surface area contributed by atoms with Gasteiger partial charge in [-0.1, -0.05) is 18.2 Å². The van der Waals surface area contributed by atoms with Crippen LogP contribution >= 0.6 is 0 Å². The number of halogens is 2. The molecule has 22 heavy (non-hydrogen) atoms. The standard InChI is InChI=1S/C16H9F2NO3/c17-10-5-6-13(12(18)8-10)19-14(16(21)22)7-9-3-1-2-4-11(9)15(19)20/h1-8H,(H,21,22). The quantitative estimate of drug-likeness (QED) is 0.791. The van der Waals surface area contributed by atoms with Crippen molar-refractivity contribution in [1.29, 1.82) is 0 Å². The molecule has 3 rings (SSSR count). The van der Waals surface area contributed by atoms with Gasteiger partial charge in [0.1, 0.15) is 17.3 Å². The number of carboxylic acid groups (broad SMARTS) is 1. The van der Waals surface area contributed by atoms with E-state index in [2.05, 4.69) is 0 Å². The fourth-order valence-corrected chi connectivity index (χ4v) is 2.32. The third kappa shape index (κ3) is 2.14. The van der Waals surface area contributed by atoms with Crippen LogP contribution in [0.3, 0.4) is 0 Å². The maximum atomic E-state index is 14.0. The number of nitrogens with zero attached hydrogens (tertiary/aromatic N) is 1. The van der Waals surface area contributed by atoms with Gasteiger partial charge in [-0.25, -0.2) is 13.6 Å². The monoisotopic (exact) mass is 301 g/mol. The highest BCUT2D eigenvalue weighted by Gasteiger charge is 2.18. The third-order valence-corrected chi connectivity index (χ3v) is 3.30. The van der Waals surface area contributed by atoms with E-state index in [1.807, 2.05) is 0 Å². The topological polar surface area (TPSA) is 59.3 Å². The van der Waals surface area contributed by atoms with E-state index in [4.69, 9.17) is 0 Å². The van der Waals surface area contributed by atoms with Crippen molar-refractivity contribution in [3.8, 4) is 5.69 Å². The Morgan fingerprint density at radius 1 is 1.05 bits per heavy atom. The van der Waals surface area contributed by atoms with Gasteiger partial charge in [0, 0.05) is 11.5 Å². The van der Waals surface area contributed by atoms with Gasteiger partial charge in [-0.3, -0.25) is 9.36 Å². The van der Waals surface area contributed by atoms with Crippen LogP contribution in [0, 0.1) is 11.6 Å². The van der Waals surface area contributed by atoms with E-state index in [1.54, 1.807) is 18.2 Å². The fourth-order valence-electron chi connectivity index (χ4n) is 2.32. The minimum Gasteiger partial charge on any atom is -0.477 e. The number of pyridine rings is 1. The minimum atomic E-state index is -1.38. The average Bonchev–Trinajstić information content (AvgIpc) is 2.48. The highest BCUT2D eigenvalue weighted by molar-refractivity contribution is 5.93. The van der Waals surface area contributed by atoms with Gasteiger partial charge in [0.25, 0.3) is 5.56 Å². The van der Waals surface area contributed by atoms with Crippen molar-refractivity contribution >= 4 is 16.7 Å². The number of aromatic nitrogens is 1. The van der Waals surface area contributed by atoms with Crippen molar-refractivity contribution in [3.63, 3.8) is 0 Å². The maximum Gasteiger partial charge on any atom is 0.353 e. The fraction of sp³-hybridized carbons (Fsp3) is 0. The molecule has 0 bridgehead atoms. The van der Waals surface area contributed by atoms with Crippen molar-refractivity contribution in [1.82, 2.24) is 4.57 Å². The highest BCUT2D eigenvalue weighted by Crippen LogP contribution is 2.19. The van der Waals surface area contributed by atoms with Gasteiger partial charge >= 0.3 is 5.97 Å². The highest BCUT2D eigenvalue weighted by atomic mass is 19.1. The van der Waals surface area contributed by atoms with E-state index >= 15 is 0 Å². The molecule has 1 heterocycles. The summed E-state index contributed by atoms with van der Waals surface area (Å²) in [6.07, 6.45) is 0. The first-order valence-electron chi connectivity index (χ1n) is 6.32. The SMILES string of the molecule is O=C(O)c1cc2ccccc2c(=O)n1-c1ccc(F)cc1F. The number of carboxylic acids is 1. The number of fused-ring (bicyclic) bond motifs is 1. The van der Waals surface area contributed by atoms with Crippen molar-refractivity contribution in [2.45, 2.75) is 0 Å². The molecule has 2 aromatic carbocycles. The lowest BCUT2D eigenvalue weighted by Gasteiger charge is -2.12. The van der Waals surface area contributed by atoms with Crippen molar-refractivity contribution in [2.75, 3.05) is 0 Å². The summed E-state index contributed by atoms with van der Waals surface area (Å²) in [6, 6.07) is 10.3. The lowest BCUT2D eigenvalue weighted by atomic mass is 10.1. The second kappa shape index (κ2) is 5.07. The number of aromatic carboxylic acids is 1. The second-order valence-electron chi connectivity index (χ2n) is 4.66. The molecule has 0 unspecified atom stereocenters. The van der Waals surface area contributed by atoms with Crippen LogP contribution in [0.5, 0.6) is 0 Å². The van der Waals surface area contributed by atoms with Crippen molar-refractivity contribution in [3.05, 3.63) is 76.2 Å². The Morgan fingerprint density at radius 3 is 2.45 bits per heavy atom. The molecule has 1 N–H and O–H groups in total. The number of hydrogen-bond acceptors (Lipinski definition) is 2. The van der Waals surface area contributed by atoms with Gasteiger partial charge in [0.15, 0.2) is 0 Å². The van der Waals surface area contributed by atoms with E-state index in [1.165, 1.54) is 12.1 Å². The molecule has 1 aromatic heterocycles. The Balaban J connectivity index is 2.46. The molecule has 0 aliphatic heterocycles. The van der Waals surface area contributed by atoms with Crippen LogP contribution < -0.4 is 5.56 Å². The van der Waals surface area contributed by atoms with E-state index in [-0.39, 0.29) is 11.1 Å². The molecule has 4 nitrogen and oxygen atoms in total. The van der Waals surface area contributed by atoms with E-state index in [9.17, 15) is 23.5 Å². The van der Waals surface area contributed by atoms with E-state index in [0.29, 0.717) is 11.5 Å². The number of benzene rings is 2. The molecule has 0 amide bonds. The molecule has 0 fully saturated rings. The molecule has 0 saturated heterocycles. The van der Waals surface area contributed by atoms with Crippen LogP contribution in [0.2, 0.25) is 0 Å². The first kappa shape index (κ1) is 13.9. The Kier molecular flexibility index (Phi) is 3.21. The summed E-state index contributed by atoms with van der Waals surface area (Å²) in [5, 5.41) is 9.98. The predicted molar refractivity (Wildman–Crippen MR) is 76.4 cm³/mol. The van der Waals surface area contributed by atoms with Gasteiger partial charge in [-0.15, -0.1) is 0 Å². The summed E-state index contributed by atoms with van der Waals surface area (Å²) in [5.41, 5.74) is -1.38. The van der Waals surface area contributed by atoms with E-state index in [0.717, 1.165) is 16.7 Å². The van der Waals surface area contributed by atoms with E-state index < -0.39 is 28.9 Å². The number of rotatable bonds is 2. The van der Waals surface area contributed by atoms with Gasteiger partial charge < -0.3 is 5.11 Å². The Labute approximate surface area is 122 Å². The first-order chi connectivity index (χ1) is 10.5. The largest absolute Gasteiger partial charge is 0.477 e. The summed E-state index contributed by atoms with van der Waals surface area (Å²) in [7, 11) is 0. The molecule has 0 saturated carbocycles. The van der Waals surface area contributed by atoms with Crippen LogP contribution in [0.1, 0.15) is 10.5 Å². The van der Waals surface area contributed by atoms with Crippen molar-refractivity contribution < 1.29 is 18.7 Å². The summed E-state index contributed by atoms with van der Waals surface area (Å²) in [6.45, 7) is 0. The first-order valence-corrected chi connectivity index (χ1v) is 6.32. The van der Waals surface area contributed by atoms with Crippen LogP contribution in [-0.4, -0.2) is 15.6 Å². The molecule has 0 aliphatic carbocycles. The zero-order chi connectivity index (χ0) is 15.9. The molecule has 0 aliphatic rings. The van der Waals surface area contributed by atoms with Crippen LogP contribution in [-0.2, 0) is 0 Å². The molecule has 6 heteroatoms. The lowest BCUT2D eigenvalue weighted by molar-refractivity contribution is 0.0687. The van der Waals surface area contributed by atoms with Crippen LogP contribution in [0.15, 0.2) is 53.3 Å². The molecule has 3 aromatic rings. The molecule has 0 radical (unpaired) electrons. The maximum absolute atomic E-state index is 14.0. The predicted octanol–water partition coefficient (Wildman–Crippen LogP) is 2.97. The Morgan fingerprint density at radius 2 is 1.77 bits per heavy atom. The average molecular weight is 301 g/mol. The van der Waals surface area contributed by atoms with Gasteiger partial charge in [-0.05, 0) is 29.7 Å². The minimum absolute atomic E-state index is 0.247. The third-order valence-electron chi connectivity index (χ3n) is 3.30. The molecule has 0 atom stereocenters. The Hall–Kier alpha value is -3.02. The van der Waals surface area contributed by atoms with Crippen LogP contribution in [0.25, 0.3) is 16.5 Å². The molecule has 0 spiro atoms. The van der Waals surface area contributed by atoms with Gasteiger partial charge in [0.2, 0.25) is 0 Å².